The number of carbonyl (C=O) groups is 2. The van der Waals surface area contributed by atoms with Crippen LogP contribution < -0.4 is 5.32 Å². The van der Waals surface area contributed by atoms with Gasteiger partial charge in [0, 0.05) is 16.9 Å². The van der Waals surface area contributed by atoms with Crippen LogP contribution in [0.15, 0.2) is 54.9 Å². The van der Waals surface area contributed by atoms with Gasteiger partial charge in [0.05, 0.1) is 11.9 Å². The van der Waals surface area contributed by atoms with Crippen molar-refractivity contribution in [3.8, 4) is 5.82 Å². The Labute approximate surface area is 160 Å². The molecule has 3 aromatic rings. The van der Waals surface area contributed by atoms with Gasteiger partial charge in [-0.05, 0) is 50.2 Å². The van der Waals surface area contributed by atoms with Crippen LogP contribution in [-0.4, -0.2) is 32.7 Å². The van der Waals surface area contributed by atoms with E-state index in [-0.39, 0.29) is 5.56 Å². The molecule has 1 aromatic carbocycles. The summed E-state index contributed by atoms with van der Waals surface area (Å²) in [5, 5.41) is 7.40. The Bertz CT molecular complexity index is 955. The summed E-state index contributed by atoms with van der Waals surface area (Å²) >= 11 is 5.81. The Morgan fingerprint density at radius 2 is 1.93 bits per heavy atom. The topological polar surface area (TPSA) is 86.1 Å². The van der Waals surface area contributed by atoms with E-state index in [4.69, 9.17) is 16.3 Å². The van der Waals surface area contributed by atoms with E-state index in [0.29, 0.717) is 22.2 Å². The number of benzene rings is 1. The SMILES string of the molecule is Cc1c(C(=O)OC(C)C(=O)Nc2ccc(Cl)cc2)cnn1-c1ccccn1. The molecule has 2 aromatic heterocycles. The quantitative estimate of drug-likeness (QED) is 0.681. The van der Waals surface area contributed by atoms with Gasteiger partial charge in [-0.15, -0.1) is 0 Å². The first kappa shape index (κ1) is 18.6. The van der Waals surface area contributed by atoms with Crippen LogP contribution in [0, 0.1) is 6.92 Å². The molecular weight excluding hydrogens is 368 g/mol. The number of nitrogens with one attached hydrogen (secondary N) is 1. The lowest BCUT2D eigenvalue weighted by atomic mass is 10.2. The standard InChI is InChI=1S/C19H17ClN4O3/c1-12-16(11-22-24(12)17-5-3-4-10-21-17)19(26)27-13(2)18(25)23-15-8-6-14(20)7-9-15/h3-11,13H,1-2H3,(H,23,25). The molecule has 1 unspecified atom stereocenters. The highest BCUT2D eigenvalue weighted by Crippen LogP contribution is 2.16. The van der Waals surface area contributed by atoms with Crippen LogP contribution in [0.4, 0.5) is 5.69 Å². The summed E-state index contributed by atoms with van der Waals surface area (Å²) in [6.07, 6.45) is 2.05. The molecule has 0 aliphatic heterocycles. The molecule has 0 saturated heterocycles. The third-order valence-electron chi connectivity index (χ3n) is 3.86. The first-order valence-electron chi connectivity index (χ1n) is 8.19. The number of rotatable bonds is 5. The molecule has 0 aliphatic rings. The molecule has 0 saturated carbocycles. The maximum Gasteiger partial charge on any atom is 0.342 e. The van der Waals surface area contributed by atoms with E-state index in [0.717, 1.165) is 0 Å². The van der Waals surface area contributed by atoms with Gasteiger partial charge in [-0.25, -0.2) is 14.5 Å². The van der Waals surface area contributed by atoms with Gasteiger partial charge in [0.1, 0.15) is 5.56 Å². The number of hydrogen-bond donors (Lipinski definition) is 1. The van der Waals surface area contributed by atoms with Crippen LogP contribution >= 0.6 is 11.6 Å². The number of hydrogen-bond acceptors (Lipinski definition) is 5. The Morgan fingerprint density at radius 1 is 1.19 bits per heavy atom. The molecule has 1 atom stereocenters. The van der Waals surface area contributed by atoms with Crippen molar-refractivity contribution in [1.82, 2.24) is 14.8 Å². The second kappa shape index (κ2) is 8.01. The van der Waals surface area contributed by atoms with Gasteiger partial charge < -0.3 is 10.1 Å². The number of anilines is 1. The summed E-state index contributed by atoms with van der Waals surface area (Å²) in [4.78, 5) is 28.9. The summed E-state index contributed by atoms with van der Waals surface area (Å²) in [6, 6.07) is 12.0. The zero-order valence-corrected chi connectivity index (χ0v) is 15.5. The van der Waals surface area contributed by atoms with Crippen molar-refractivity contribution in [3.05, 3.63) is 71.1 Å². The molecule has 0 radical (unpaired) electrons. The van der Waals surface area contributed by atoms with E-state index in [1.807, 2.05) is 6.07 Å². The van der Waals surface area contributed by atoms with Crippen molar-refractivity contribution in [2.24, 2.45) is 0 Å². The smallest absolute Gasteiger partial charge is 0.342 e. The maximum absolute atomic E-state index is 12.4. The van der Waals surface area contributed by atoms with Crippen LogP contribution in [-0.2, 0) is 9.53 Å². The van der Waals surface area contributed by atoms with E-state index in [1.54, 1.807) is 49.5 Å². The number of esters is 1. The van der Waals surface area contributed by atoms with Crippen LogP contribution in [0.2, 0.25) is 5.02 Å². The number of pyridine rings is 1. The zero-order valence-electron chi connectivity index (χ0n) is 14.7. The second-order valence-electron chi connectivity index (χ2n) is 5.79. The molecule has 1 amide bonds. The fraction of sp³-hybridized carbons (Fsp3) is 0.158. The molecule has 0 spiro atoms. The summed E-state index contributed by atoms with van der Waals surface area (Å²) in [7, 11) is 0. The minimum absolute atomic E-state index is 0.270. The van der Waals surface area contributed by atoms with E-state index in [1.165, 1.54) is 17.8 Å². The molecule has 27 heavy (non-hydrogen) atoms. The van der Waals surface area contributed by atoms with Crippen LogP contribution in [0.3, 0.4) is 0 Å². The predicted molar refractivity (Wildman–Crippen MR) is 101 cm³/mol. The normalized spacial score (nSPS) is 11.7. The second-order valence-corrected chi connectivity index (χ2v) is 6.22. The van der Waals surface area contributed by atoms with Crippen LogP contribution in [0.25, 0.3) is 5.82 Å². The Hall–Kier alpha value is -3.19. The van der Waals surface area contributed by atoms with E-state index in [2.05, 4.69) is 15.4 Å². The van der Waals surface area contributed by atoms with Crippen molar-refractivity contribution in [1.29, 1.82) is 0 Å². The zero-order chi connectivity index (χ0) is 19.4. The Kier molecular flexibility index (Phi) is 5.52. The summed E-state index contributed by atoms with van der Waals surface area (Å²) in [6.45, 7) is 3.23. The van der Waals surface area contributed by atoms with Crippen LogP contribution in [0.1, 0.15) is 23.0 Å². The number of halogens is 1. The fourth-order valence-electron chi connectivity index (χ4n) is 2.37. The van der Waals surface area contributed by atoms with E-state index >= 15 is 0 Å². The van der Waals surface area contributed by atoms with Gasteiger partial charge >= 0.3 is 5.97 Å². The number of aromatic nitrogens is 3. The fourth-order valence-corrected chi connectivity index (χ4v) is 2.50. The van der Waals surface area contributed by atoms with Crippen molar-refractivity contribution in [2.45, 2.75) is 20.0 Å². The van der Waals surface area contributed by atoms with Crippen molar-refractivity contribution in [3.63, 3.8) is 0 Å². The van der Waals surface area contributed by atoms with Gasteiger partial charge in [0.25, 0.3) is 5.91 Å². The summed E-state index contributed by atoms with van der Waals surface area (Å²) in [5.74, 6) is -0.489. The monoisotopic (exact) mass is 384 g/mol. The lowest BCUT2D eigenvalue weighted by molar-refractivity contribution is -0.123. The molecule has 1 N–H and O–H groups in total. The average Bonchev–Trinajstić information content (AvgIpc) is 3.05. The molecule has 7 nitrogen and oxygen atoms in total. The number of ether oxygens (including phenoxy) is 1. The molecule has 3 rings (SSSR count). The largest absolute Gasteiger partial charge is 0.449 e. The highest BCUT2D eigenvalue weighted by Gasteiger charge is 2.22. The minimum atomic E-state index is -0.981. The number of carbonyl (C=O) groups excluding carboxylic acids is 2. The average molecular weight is 385 g/mol. The predicted octanol–water partition coefficient (Wildman–Crippen LogP) is 3.41. The van der Waals surface area contributed by atoms with Gasteiger partial charge in [0.15, 0.2) is 11.9 Å². The highest BCUT2D eigenvalue weighted by molar-refractivity contribution is 6.30. The van der Waals surface area contributed by atoms with Crippen molar-refractivity contribution < 1.29 is 14.3 Å². The molecule has 0 bridgehead atoms. The van der Waals surface area contributed by atoms with Gasteiger partial charge in [-0.1, -0.05) is 17.7 Å². The highest BCUT2D eigenvalue weighted by atomic mass is 35.5. The third kappa shape index (κ3) is 4.32. The van der Waals surface area contributed by atoms with Crippen molar-refractivity contribution >= 4 is 29.2 Å². The molecular formula is C19H17ClN4O3. The summed E-state index contributed by atoms with van der Waals surface area (Å²) < 4.78 is 6.81. The van der Waals surface area contributed by atoms with Crippen LogP contribution in [0.5, 0.6) is 0 Å². The lowest BCUT2D eigenvalue weighted by Crippen LogP contribution is -2.30. The molecule has 0 aliphatic carbocycles. The first-order valence-corrected chi connectivity index (χ1v) is 8.57. The molecule has 8 heteroatoms. The molecule has 0 fully saturated rings. The van der Waals surface area contributed by atoms with Gasteiger partial charge in [-0.2, -0.15) is 5.10 Å². The van der Waals surface area contributed by atoms with E-state index < -0.39 is 18.0 Å². The van der Waals surface area contributed by atoms with Gasteiger partial charge in [-0.3, -0.25) is 4.79 Å². The van der Waals surface area contributed by atoms with Crippen molar-refractivity contribution in [2.75, 3.05) is 5.32 Å². The Morgan fingerprint density at radius 3 is 2.59 bits per heavy atom. The minimum Gasteiger partial charge on any atom is -0.449 e. The number of amides is 1. The summed E-state index contributed by atoms with van der Waals surface area (Å²) in [5.41, 5.74) is 1.40. The van der Waals surface area contributed by atoms with E-state index in [9.17, 15) is 9.59 Å². The number of nitrogens with zero attached hydrogens (tertiary/aromatic N) is 3. The molecule has 138 valence electrons. The molecule has 2 heterocycles. The maximum atomic E-state index is 12.4. The lowest BCUT2D eigenvalue weighted by Gasteiger charge is -2.13. The third-order valence-corrected chi connectivity index (χ3v) is 4.11. The Balaban J connectivity index is 1.67. The first-order chi connectivity index (χ1) is 13.0. The van der Waals surface area contributed by atoms with Gasteiger partial charge in [0.2, 0.25) is 0 Å².